The molecule has 3 unspecified atom stereocenters. The van der Waals surface area contributed by atoms with Crippen LogP contribution in [0.4, 0.5) is 0 Å². The van der Waals surface area contributed by atoms with Crippen LogP contribution in [0.15, 0.2) is 24.3 Å². The van der Waals surface area contributed by atoms with Gasteiger partial charge in [-0.3, -0.25) is 0 Å². The van der Waals surface area contributed by atoms with Crippen LogP contribution in [0.25, 0.3) is 0 Å². The fraction of sp³-hybridized carbons (Fsp3) is 0.600. The molecule has 0 aromatic heterocycles. The van der Waals surface area contributed by atoms with Gasteiger partial charge in [0, 0.05) is 12.1 Å². The molecular weight excluding hydrogens is 210 g/mol. The van der Waals surface area contributed by atoms with Crippen LogP contribution in [0.3, 0.4) is 0 Å². The van der Waals surface area contributed by atoms with Gasteiger partial charge >= 0.3 is 0 Å². The van der Waals surface area contributed by atoms with Gasteiger partial charge in [-0.25, -0.2) is 0 Å². The van der Waals surface area contributed by atoms with Gasteiger partial charge in [0.05, 0.1) is 12.7 Å². The van der Waals surface area contributed by atoms with Crippen LogP contribution < -0.4 is 5.32 Å². The predicted molar refractivity (Wildman–Crippen MR) is 69.0 cm³/mol. The average Bonchev–Trinajstić information content (AvgIpc) is 2.65. The topological polar surface area (TPSA) is 21.3 Å². The third-order valence-electron chi connectivity index (χ3n) is 3.85. The molecule has 3 rings (SSSR count). The smallest absolute Gasteiger partial charge is 0.0984 e. The fourth-order valence-electron chi connectivity index (χ4n) is 3.19. The molecule has 0 spiro atoms. The van der Waals surface area contributed by atoms with Crippen LogP contribution in [0.5, 0.6) is 0 Å². The van der Waals surface area contributed by atoms with Crippen molar-refractivity contribution in [2.45, 2.75) is 44.9 Å². The number of fused-ring (bicyclic) bond motifs is 3. The summed E-state index contributed by atoms with van der Waals surface area (Å²) in [5, 5.41) is 3.77. The maximum Gasteiger partial charge on any atom is 0.0984 e. The molecule has 0 saturated carbocycles. The Morgan fingerprint density at radius 3 is 3.00 bits per heavy atom. The molecule has 2 heteroatoms. The molecule has 1 aromatic rings. The molecule has 92 valence electrons. The second-order valence-corrected chi connectivity index (χ2v) is 5.76. The lowest BCUT2D eigenvalue weighted by molar-refractivity contribution is -0.0251. The standard InChI is InChI=1S/C15H21NO/c1-10(2)7-12-9-17-15-13-6-4-3-5-11(13)8-14(15)16-12/h3-6,10,12,14-16H,7-9H2,1-2H3. The Bertz CT molecular complexity index is 402. The highest BCUT2D eigenvalue weighted by Gasteiger charge is 2.37. The zero-order chi connectivity index (χ0) is 11.8. The molecule has 1 heterocycles. The first-order valence-corrected chi connectivity index (χ1v) is 6.69. The van der Waals surface area contributed by atoms with E-state index in [2.05, 4.69) is 43.4 Å². The Morgan fingerprint density at radius 2 is 2.18 bits per heavy atom. The van der Waals surface area contributed by atoms with E-state index in [-0.39, 0.29) is 6.10 Å². The van der Waals surface area contributed by atoms with Crippen molar-refractivity contribution < 1.29 is 4.74 Å². The summed E-state index contributed by atoms with van der Waals surface area (Å²) in [6.07, 6.45) is 2.62. The van der Waals surface area contributed by atoms with Gasteiger partial charge in [-0.05, 0) is 29.9 Å². The van der Waals surface area contributed by atoms with Crippen LogP contribution in [0.1, 0.15) is 37.5 Å². The molecule has 2 aliphatic rings. The monoisotopic (exact) mass is 231 g/mol. The molecule has 0 radical (unpaired) electrons. The summed E-state index contributed by atoms with van der Waals surface area (Å²) in [6.45, 7) is 5.40. The van der Waals surface area contributed by atoms with Crippen molar-refractivity contribution in [3.8, 4) is 0 Å². The number of hydrogen-bond donors (Lipinski definition) is 1. The minimum Gasteiger partial charge on any atom is -0.370 e. The summed E-state index contributed by atoms with van der Waals surface area (Å²) in [4.78, 5) is 0. The molecule has 17 heavy (non-hydrogen) atoms. The second kappa shape index (κ2) is 4.43. The van der Waals surface area contributed by atoms with Crippen molar-refractivity contribution >= 4 is 0 Å². The van der Waals surface area contributed by atoms with Crippen LogP contribution >= 0.6 is 0 Å². The van der Waals surface area contributed by atoms with Crippen molar-refractivity contribution in [2.24, 2.45) is 5.92 Å². The molecule has 1 aliphatic carbocycles. The summed E-state index contributed by atoms with van der Waals surface area (Å²) in [7, 11) is 0. The quantitative estimate of drug-likeness (QED) is 0.845. The van der Waals surface area contributed by atoms with Crippen LogP contribution in [-0.2, 0) is 11.2 Å². The Morgan fingerprint density at radius 1 is 1.35 bits per heavy atom. The van der Waals surface area contributed by atoms with Crippen molar-refractivity contribution in [1.82, 2.24) is 5.32 Å². The first-order valence-electron chi connectivity index (χ1n) is 6.69. The van der Waals surface area contributed by atoms with E-state index < -0.39 is 0 Å². The lowest BCUT2D eigenvalue weighted by Crippen LogP contribution is -2.49. The number of rotatable bonds is 2. The van der Waals surface area contributed by atoms with Crippen LogP contribution in [-0.4, -0.2) is 18.7 Å². The van der Waals surface area contributed by atoms with E-state index in [1.807, 2.05) is 0 Å². The predicted octanol–water partition coefficient (Wildman–Crippen LogP) is 2.69. The summed E-state index contributed by atoms with van der Waals surface area (Å²) >= 11 is 0. The number of hydrogen-bond acceptors (Lipinski definition) is 2. The van der Waals surface area contributed by atoms with E-state index >= 15 is 0 Å². The van der Waals surface area contributed by atoms with Crippen LogP contribution in [0, 0.1) is 5.92 Å². The van der Waals surface area contributed by atoms with Crippen LogP contribution in [0.2, 0.25) is 0 Å². The van der Waals surface area contributed by atoms with E-state index in [1.165, 1.54) is 17.5 Å². The normalized spacial score (nSPS) is 31.4. The highest BCUT2D eigenvalue weighted by Crippen LogP contribution is 2.36. The van der Waals surface area contributed by atoms with Gasteiger partial charge in [0.15, 0.2) is 0 Å². The largest absolute Gasteiger partial charge is 0.370 e. The highest BCUT2D eigenvalue weighted by atomic mass is 16.5. The number of morpholine rings is 1. The summed E-state index contributed by atoms with van der Waals surface area (Å²) in [5.41, 5.74) is 2.85. The zero-order valence-electron chi connectivity index (χ0n) is 10.6. The minimum absolute atomic E-state index is 0.287. The summed E-state index contributed by atoms with van der Waals surface area (Å²) in [5.74, 6) is 0.733. The van der Waals surface area contributed by atoms with Gasteiger partial charge in [0.1, 0.15) is 0 Å². The highest BCUT2D eigenvalue weighted by molar-refractivity contribution is 5.36. The zero-order valence-corrected chi connectivity index (χ0v) is 10.6. The van der Waals surface area contributed by atoms with Gasteiger partial charge in [-0.1, -0.05) is 38.1 Å². The minimum atomic E-state index is 0.287. The van der Waals surface area contributed by atoms with E-state index in [0.29, 0.717) is 12.1 Å². The maximum absolute atomic E-state index is 6.08. The molecule has 0 amide bonds. The van der Waals surface area contributed by atoms with Crippen molar-refractivity contribution in [1.29, 1.82) is 0 Å². The summed E-state index contributed by atoms with van der Waals surface area (Å²) in [6, 6.07) is 9.71. The molecule has 1 aromatic carbocycles. The summed E-state index contributed by atoms with van der Waals surface area (Å²) < 4.78 is 6.08. The molecule has 1 fully saturated rings. The van der Waals surface area contributed by atoms with Crippen molar-refractivity contribution in [2.75, 3.05) is 6.61 Å². The first kappa shape index (κ1) is 11.2. The Labute approximate surface area is 103 Å². The maximum atomic E-state index is 6.08. The second-order valence-electron chi connectivity index (χ2n) is 5.76. The molecule has 0 bridgehead atoms. The molecule has 1 saturated heterocycles. The third kappa shape index (κ3) is 2.12. The first-order chi connectivity index (χ1) is 8.24. The van der Waals surface area contributed by atoms with E-state index in [9.17, 15) is 0 Å². The van der Waals surface area contributed by atoms with Gasteiger partial charge in [-0.15, -0.1) is 0 Å². The number of nitrogens with one attached hydrogen (secondary N) is 1. The third-order valence-corrected chi connectivity index (χ3v) is 3.85. The van der Waals surface area contributed by atoms with E-state index in [4.69, 9.17) is 4.74 Å². The van der Waals surface area contributed by atoms with E-state index in [0.717, 1.165) is 18.9 Å². The lowest BCUT2D eigenvalue weighted by atomic mass is 10.0. The molecular formula is C15H21NO. The molecule has 3 atom stereocenters. The van der Waals surface area contributed by atoms with Gasteiger partial charge in [-0.2, -0.15) is 0 Å². The lowest BCUT2D eigenvalue weighted by Gasteiger charge is -2.35. The molecule has 1 N–H and O–H groups in total. The Hall–Kier alpha value is -0.860. The Balaban J connectivity index is 1.73. The van der Waals surface area contributed by atoms with Crippen molar-refractivity contribution in [3.63, 3.8) is 0 Å². The van der Waals surface area contributed by atoms with Crippen molar-refractivity contribution in [3.05, 3.63) is 35.4 Å². The molecule has 2 nitrogen and oxygen atoms in total. The SMILES string of the molecule is CC(C)CC1COC2c3ccccc3CC2N1. The fourth-order valence-corrected chi connectivity index (χ4v) is 3.19. The van der Waals surface area contributed by atoms with E-state index in [1.54, 1.807) is 0 Å². The average molecular weight is 231 g/mol. The Kier molecular flexibility index (Phi) is 2.93. The van der Waals surface area contributed by atoms with Gasteiger partial charge in [0.2, 0.25) is 0 Å². The van der Waals surface area contributed by atoms with Gasteiger partial charge < -0.3 is 10.1 Å². The number of ether oxygens (including phenoxy) is 1. The van der Waals surface area contributed by atoms with Gasteiger partial charge in [0.25, 0.3) is 0 Å². The molecule has 1 aliphatic heterocycles. The number of benzene rings is 1.